The number of hydrogen-bond donors (Lipinski definition) is 2. The van der Waals surface area contributed by atoms with Crippen molar-refractivity contribution in [1.82, 2.24) is 5.32 Å². The Labute approximate surface area is 166 Å². The van der Waals surface area contributed by atoms with Gasteiger partial charge < -0.3 is 10.4 Å². The molecule has 0 spiro atoms. The fraction of sp³-hybridized carbons (Fsp3) is 0.381. The van der Waals surface area contributed by atoms with Crippen molar-refractivity contribution in [3.05, 3.63) is 59.7 Å². The van der Waals surface area contributed by atoms with Crippen molar-refractivity contribution in [2.24, 2.45) is 0 Å². The van der Waals surface area contributed by atoms with Crippen LogP contribution in [-0.4, -0.2) is 38.6 Å². The minimum atomic E-state index is -3.66. The highest BCUT2D eigenvalue weighted by atomic mass is 32.2. The highest BCUT2D eigenvalue weighted by molar-refractivity contribution is 7.92. The van der Waals surface area contributed by atoms with Crippen LogP contribution >= 0.6 is 0 Å². The summed E-state index contributed by atoms with van der Waals surface area (Å²) < 4.78 is 26.8. The normalized spacial score (nSPS) is 19.8. The van der Waals surface area contributed by atoms with Crippen LogP contribution in [-0.2, 0) is 10.0 Å². The Morgan fingerprint density at radius 2 is 1.57 bits per heavy atom. The molecule has 1 saturated carbocycles. The van der Waals surface area contributed by atoms with E-state index in [1.54, 1.807) is 48.5 Å². The first kappa shape index (κ1) is 20.4. The van der Waals surface area contributed by atoms with Gasteiger partial charge >= 0.3 is 0 Å². The highest BCUT2D eigenvalue weighted by Gasteiger charge is 2.23. The van der Waals surface area contributed by atoms with E-state index in [9.17, 15) is 18.3 Å². The van der Waals surface area contributed by atoms with E-state index in [2.05, 4.69) is 5.32 Å². The molecule has 0 aromatic heterocycles. The summed E-state index contributed by atoms with van der Waals surface area (Å²) in [6.45, 7) is 1.90. The highest BCUT2D eigenvalue weighted by Crippen LogP contribution is 2.23. The number of carbonyl (C=O) groups is 1. The summed E-state index contributed by atoms with van der Waals surface area (Å²) in [5.41, 5.74) is 1.96. The SMILES string of the molecule is Cc1ccc(S(=O)(=O)N(C)c2ccc(C(=O)NC3CCC(O)CC3)cc2)cc1. The van der Waals surface area contributed by atoms with E-state index in [0.717, 1.165) is 18.4 Å². The first-order chi connectivity index (χ1) is 13.3. The molecule has 2 N–H and O–H groups in total. The average molecular weight is 403 g/mol. The van der Waals surface area contributed by atoms with Gasteiger partial charge in [0.2, 0.25) is 0 Å². The molecule has 1 fully saturated rings. The molecule has 0 radical (unpaired) electrons. The summed E-state index contributed by atoms with van der Waals surface area (Å²) >= 11 is 0. The molecule has 2 aromatic carbocycles. The number of aliphatic hydroxyl groups is 1. The Bertz CT molecular complexity index is 916. The molecule has 1 aliphatic carbocycles. The monoisotopic (exact) mass is 402 g/mol. The Balaban J connectivity index is 1.69. The standard InChI is InChI=1S/C21H26N2O4S/c1-15-3-13-20(14-4-15)28(26,27)23(2)18-9-5-16(6-10-18)21(25)22-17-7-11-19(24)12-8-17/h3-6,9-10,13-14,17,19,24H,7-8,11-12H2,1-2H3,(H,22,25). The molecule has 0 saturated heterocycles. The Morgan fingerprint density at radius 3 is 2.14 bits per heavy atom. The number of carbonyl (C=O) groups excluding carboxylic acids is 1. The third-order valence-electron chi connectivity index (χ3n) is 5.20. The molecule has 0 unspecified atom stereocenters. The summed E-state index contributed by atoms with van der Waals surface area (Å²) in [7, 11) is -2.16. The Kier molecular flexibility index (Phi) is 6.05. The van der Waals surface area contributed by atoms with E-state index in [1.807, 2.05) is 6.92 Å². The molecular weight excluding hydrogens is 376 g/mol. The third-order valence-corrected chi connectivity index (χ3v) is 7.00. The molecule has 28 heavy (non-hydrogen) atoms. The average Bonchev–Trinajstić information content (AvgIpc) is 2.69. The summed E-state index contributed by atoms with van der Waals surface area (Å²) in [6.07, 6.45) is 2.67. The van der Waals surface area contributed by atoms with E-state index in [4.69, 9.17) is 0 Å². The first-order valence-electron chi connectivity index (χ1n) is 9.42. The molecule has 6 nitrogen and oxygen atoms in total. The van der Waals surface area contributed by atoms with Crippen molar-refractivity contribution in [2.45, 2.75) is 49.6 Å². The number of aliphatic hydroxyl groups excluding tert-OH is 1. The third kappa shape index (κ3) is 4.54. The van der Waals surface area contributed by atoms with Gasteiger partial charge in [-0.05, 0) is 69.0 Å². The minimum Gasteiger partial charge on any atom is -0.393 e. The molecule has 1 aliphatic rings. The second-order valence-corrected chi connectivity index (χ2v) is 9.28. The first-order valence-corrected chi connectivity index (χ1v) is 10.9. The predicted molar refractivity (Wildman–Crippen MR) is 109 cm³/mol. The lowest BCUT2D eigenvalue weighted by atomic mass is 9.93. The van der Waals surface area contributed by atoms with Crippen LogP contribution in [0, 0.1) is 6.92 Å². The number of aryl methyl sites for hydroxylation is 1. The van der Waals surface area contributed by atoms with Crippen molar-refractivity contribution in [3.63, 3.8) is 0 Å². The molecule has 0 bridgehead atoms. The second-order valence-electron chi connectivity index (χ2n) is 7.31. The van der Waals surface area contributed by atoms with Crippen LogP contribution in [0.2, 0.25) is 0 Å². The van der Waals surface area contributed by atoms with Gasteiger partial charge in [-0.25, -0.2) is 8.42 Å². The van der Waals surface area contributed by atoms with Crippen molar-refractivity contribution >= 4 is 21.6 Å². The van der Waals surface area contributed by atoms with E-state index < -0.39 is 10.0 Å². The fourth-order valence-corrected chi connectivity index (χ4v) is 4.51. The summed E-state index contributed by atoms with van der Waals surface area (Å²) in [5.74, 6) is -0.183. The van der Waals surface area contributed by atoms with Gasteiger partial charge in [-0.3, -0.25) is 9.10 Å². The fourth-order valence-electron chi connectivity index (χ4n) is 3.32. The number of benzene rings is 2. The van der Waals surface area contributed by atoms with Gasteiger partial charge in [-0.1, -0.05) is 17.7 Å². The number of sulfonamides is 1. The number of nitrogens with zero attached hydrogens (tertiary/aromatic N) is 1. The second kappa shape index (κ2) is 8.32. The minimum absolute atomic E-state index is 0.0696. The van der Waals surface area contributed by atoms with Gasteiger partial charge in [0, 0.05) is 18.7 Å². The Morgan fingerprint density at radius 1 is 1.00 bits per heavy atom. The lowest BCUT2D eigenvalue weighted by molar-refractivity contribution is 0.0867. The zero-order chi connectivity index (χ0) is 20.3. The van der Waals surface area contributed by atoms with Gasteiger partial charge in [0.1, 0.15) is 0 Å². The van der Waals surface area contributed by atoms with Crippen LogP contribution in [0.1, 0.15) is 41.6 Å². The molecule has 0 aliphatic heterocycles. The largest absolute Gasteiger partial charge is 0.393 e. The lowest BCUT2D eigenvalue weighted by Crippen LogP contribution is -2.38. The van der Waals surface area contributed by atoms with Crippen LogP contribution in [0.15, 0.2) is 53.4 Å². The summed E-state index contributed by atoms with van der Waals surface area (Å²) in [6, 6.07) is 13.3. The van der Waals surface area contributed by atoms with Gasteiger partial charge in [0.25, 0.3) is 15.9 Å². The van der Waals surface area contributed by atoms with E-state index >= 15 is 0 Å². The molecule has 1 amide bonds. The zero-order valence-electron chi connectivity index (χ0n) is 16.1. The maximum atomic E-state index is 12.8. The van der Waals surface area contributed by atoms with Crippen molar-refractivity contribution < 1.29 is 18.3 Å². The predicted octanol–water partition coefficient (Wildman–Crippen LogP) is 2.85. The van der Waals surface area contributed by atoms with Crippen molar-refractivity contribution in [1.29, 1.82) is 0 Å². The molecule has 3 rings (SSSR count). The topological polar surface area (TPSA) is 86.7 Å². The van der Waals surface area contributed by atoms with E-state index in [-0.39, 0.29) is 22.9 Å². The number of amides is 1. The maximum Gasteiger partial charge on any atom is 0.264 e. The quantitative estimate of drug-likeness (QED) is 0.805. The summed E-state index contributed by atoms with van der Waals surface area (Å²) in [4.78, 5) is 12.6. The number of anilines is 1. The van der Waals surface area contributed by atoms with Crippen LogP contribution in [0.4, 0.5) is 5.69 Å². The number of nitrogens with one attached hydrogen (secondary N) is 1. The zero-order valence-corrected chi connectivity index (χ0v) is 16.9. The van der Waals surface area contributed by atoms with Gasteiger partial charge in [0.05, 0.1) is 16.7 Å². The molecule has 0 atom stereocenters. The lowest BCUT2D eigenvalue weighted by Gasteiger charge is -2.26. The Hall–Kier alpha value is -2.38. The molecular formula is C21H26N2O4S. The van der Waals surface area contributed by atoms with Gasteiger partial charge in [0.15, 0.2) is 0 Å². The van der Waals surface area contributed by atoms with E-state index in [0.29, 0.717) is 24.1 Å². The smallest absolute Gasteiger partial charge is 0.264 e. The van der Waals surface area contributed by atoms with Gasteiger partial charge in [-0.15, -0.1) is 0 Å². The van der Waals surface area contributed by atoms with Crippen LogP contribution < -0.4 is 9.62 Å². The molecule has 150 valence electrons. The van der Waals surface area contributed by atoms with Crippen LogP contribution in [0.25, 0.3) is 0 Å². The summed E-state index contributed by atoms with van der Waals surface area (Å²) in [5, 5.41) is 12.5. The van der Waals surface area contributed by atoms with Crippen LogP contribution in [0.5, 0.6) is 0 Å². The molecule has 0 heterocycles. The number of hydrogen-bond acceptors (Lipinski definition) is 4. The molecule has 7 heteroatoms. The van der Waals surface area contributed by atoms with Crippen molar-refractivity contribution in [3.8, 4) is 0 Å². The van der Waals surface area contributed by atoms with Gasteiger partial charge in [-0.2, -0.15) is 0 Å². The molecule has 2 aromatic rings. The van der Waals surface area contributed by atoms with E-state index in [1.165, 1.54) is 11.4 Å². The van der Waals surface area contributed by atoms with Crippen LogP contribution in [0.3, 0.4) is 0 Å². The van der Waals surface area contributed by atoms with Crippen molar-refractivity contribution in [2.75, 3.05) is 11.4 Å². The number of rotatable bonds is 5. The maximum absolute atomic E-state index is 12.8.